The molecule has 4 heteroatoms. The molecule has 2 heterocycles. The van der Waals surface area contributed by atoms with E-state index in [4.69, 9.17) is 0 Å². The van der Waals surface area contributed by atoms with Gasteiger partial charge in [-0.1, -0.05) is 36.4 Å². The first-order valence-corrected chi connectivity index (χ1v) is 10.4. The largest absolute Gasteiger partial charge is 0.352 e. The summed E-state index contributed by atoms with van der Waals surface area (Å²) in [7, 11) is 0. The zero-order chi connectivity index (χ0) is 19.9. The van der Waals surface area contributed by atoms with Crippen molar-refractivity contribution in [1.82, 2.24) is 15.2 Å². The van der Waals surface area contributed by atoms with Gasteiger partial charge in [-0.3, -0.25) is 14.7 Å². The van der Waals surface area contributed by atoms with Crippen LogP contribution in [0.1, 0.15) is 34.3 Å². The Morgan fingerprint density at radius 2 is 1.45 bits per heavy atom. The van der Waals surface area contributed by atoms with Gasteiger partial charge >= 0.3 is 0 Å². The van der Waals surface area contributed by atoms with Crippen LogP contribution in [-0.4, -0.2) is 35.4 Å². The summed E-state index contributed by atoms with van der Waals surface area (Å²) in [6.07, 6.45) is 7.03. The fourth-order valence-electron chi connectivity index (χ4n) is 3.79. The highest BCUT2D eigenvalue weighted by Crippen LogP contribution is 2.18. The van der Waals surface area contributed by atoms with E-state index in [0.717, 1.165) is 24.1 Å². The molecule has 0 bridgehead atoms. The van der Waals surface area contributed by atoms with Gasteiger partial charge in [0.2, 0.25) is 0 Å². The predicted molar refractivity (Wildman–Crippen MR) is 117 cm³/mol. The van der Waals surface area contributed by atoms with Gasteiger partial charge in [0, 0.05) is 31.0 Å². The Kier molecular flexibility index (Phi) is 6.32. The molecule has 1 aliphatic heterocycles. The fourth-order valence-corrected chi connectivity index (χ4v) is 3.79. The SMILES string of the molecule is O=C(NCCc1ccc(CN2CCCC2)cc1)c1ccc(-c2ccncc2)cc1. The van der Waals surface area contributed by atoms with Crippen molar-refractivity contribution < 1.29 is 4.79 Å². The minimum atomic E-state index is -0.0306. The first kappa shape index (κ1) is 19.3. The number of carbonyl (C=O) groups excluding carboxylic acids is 1. The molecule has 1 amide bonds. The van der Waals surface area contributed by atoms with E-state index in [1.165, 1.54) is 37.1 Å². The van der Waals surface area contributed by atoms with Gasteiger partial charge in [0.25, 0.3) is 5.91 Å². The third kappa shape index (κ3) is 5.30. The van der Waals surface area contributed by atoms with E-state index >= 15 is 0 Å². The van der Waals surface area contributed by atoms with Crippen LogP contribution in [0.25, 0.3) is 11.1 Å². The van der Waals surface area contributed by atoms with Gasteiger partial charge in [-0.15, -0.1) is 0 Å². The van der Waals surface area contributed by atoms with E-state index < -0.39 is 0 Å². The molecule has 4 rings (SSSR count). The average molecular weight is 386 g/mol. The van der Waals surface area contributed by atoms with Crippen molar-refractivity contribution >= 4 is 5.91 Å². The molecule has 0 aliphatic carbocycles. The van der Waals surface area contributed by atoms with Crippen molar-refractivity contribution in [2.45, 2.75) is 25.8 Å². The van der Waals surface area contributed by atoms with Crippen molar-refractivity contribution in [2.24, 2.45) is 0 Å². The van der Waals surface area contributed by atoms with Crippen LogP contribution in [0.4, 0.5) is 0 Å². The molecule has 1 aliphatic rings. The summed E-state index contributed by atoms with van der Waals surface area (Å²) in [6.45, 7) is 4.12. The molecule has 1 saturated heterocycles. The van der Waals surface area contributed by atoms with Crippen molar-refractivity contribution in [1.29, 1.82) is 0 Å². The van der Waals surface area contributed by atoms with Crippen LogP contribution >= 0.6 is 0 Å². The van der Waals surface area contributed by atoms with Crippen molar-refractivity contribution in [3.05, 3.63) is 89.7 Å². The van der Waals surface area contributed by atoms with E-state index in [1.807, 2.05) is 36.4 Å². The Labute approximate surface area is 172 Å². The van der Waals surface area contributed by atoms with E-state index in [1.54, 1.807) is 12.4 Å². The molecule has 0 unspecified atom stereocenters. The minimum absolute atomic E-state index is 0.0306. The average Bonchev–Trinajstić information content (AvgIpc) is 3.29. The Balaban J connectivity index is 1.25. The number of benzene rings is 2. The third-order valence-corrected chi connectivity index (χ3v) is 5.49. The second-order valence-corrected chi connectivity index (χ2v) is 7.62. The maximum Gasteiger partial charge on any atom is 0.251 e. The van der Waals surface area contributed by atoms with Gasteiger partial charge in [-0.25, -0.2) is 0 Å². The highest BCUT2D eigenvalue weighted by Gasteiger charge is 2.11. The van der Waals surface area contributed by atoms with Gasteiger partial charge in [0.15, 0.2) is 0 Å². The molecule has 0 atom stereocenters. The lowest BCUT2D eigenvalue weighted by Gasteiger charge is -2.14. The lowest BCUT2D eigenvalue weighted by molar-refractivity contribution is 0.0954. The number of carbonyl (C=O) groups is 1. The third-order valence-electron chi connectivity index (χ3n) is 5.49. The van der Waals surface area contributed by atoms with E-state index in [9.17, 15) is 4.79 Å². The zero-order valence-corrected chi connectivity index (χ0v) is 16.7. The number of hydrogen-bond acceptors (Lipinski definition) is 3. The molecule has 148 valence electrons. The van der Waals surface area contributed by atoms with E-state index in [2.05, 4.69) is 39.5 Å². The van der Waals surface area contributed by atoms with Crippen LogP contribution in [0, 0.1) is 0 Å². The molecule has 3 aromatic rings. The Morgan fingerprint density at radius 3 is 2.14 bits per heavy atom. The van der Waals surface area contributed by atoms with Crippen LogP contribution in [-0.2, 0) is 13.0 Å². The summed E-state index contributed by atoms with van der Waals surface area (Å²) in [5.74, 6) is -0.0306. The monoisotopic (exact) mass is 385 g/mol. The van der Waals surface area contributed by atoms with Gasteiger partial charge < -0.3 is 5.32 Å². The highest BCUT2D eigenvalue weighted by atomic mass is 16.1. The molecule has 2 aromatic carbocycles. The second kappa shape index (κ2) is 9.48. The van der Waals surface area contributed by atoms with Crippen LogP contribution in [0.3, 0.4) is 0 Å². The number of nitrogens with one attached hydrogen (secondary N) is 1. The van der Waals surface area contributed by atoms with Crippen molar-refractivity contribution in [3.8, 4) is 11.1 Å². The number of amides is 1. The quantitative estimate of drug-likeness (QED) is 0.659. The number of nitrogens with zero attached hydrogens (tertiary/aromatic N) is 2. The molecule has 0 radical (unpaired) electrons. The molecule has 4 nitrogen and oxygen atoms in total. The molecular formula is C25H27N3O. The van der Waals surface area contributed by atoms with Crippen LogP contribution in [0.15, 0.2) is 73.1 Å². The summed E-state index contributed by atoms with van der Waals surface area (Å²) in [6, 6.07) is 20.4. The smallest absolute Gasteiger partial charge is 0.251 e. The van der Waals surface area contributed by atoms with Crippen molar-refractivity contribution in [2.75, 3.05) is 19.6 Å². The number of rotatable bonds is 7. The Bertz CT molecular complexity index is 915. The standard InChI is InChI=1S/C25H27N3O/c29-25(24-9-7-22(8-10-24)23-12-14-26-15-13-23)27-16-11-20-3-5-21(6-4-20)19-28-17-1-2-18-28/h3-10,12-15H,1-2,11,16-19H2,(H,27,29). The number of likely N-dealkylation sites (tertiary alicyclic amines) is 1. The van der Waals surface area contributed by atoms with Crippen LogP contribution < -0.4 is 5.32 Å². The summed E-state index contributed by atoms with van der Waals surface area (Å²) in [5.41, 5.74) is 5.49. The van der Waals surface area contributed by atoms with Gasteiger partial charge in [0.1, 0.15) is 0 Å². The van der Waals surface area contributed by atoms with Gasteiger partial charge in [-0.2, -0.15) is 0 Å². The predicted octanol–water partition coefficient (Wildman–Crippen LogP) is 4.32. The van der Waals surface area contributed by atoms with Gasteiger partial charge in [-0.05, 0) is 78.9 Å². The number of pyridine rings is 1. The lowest BCUT2D eigenvalue weighted by atomic mass is 10.0. The highest BCUT2D eigenvalue weighted by molar-refractivity contribution is 5.94. The van der Waals surface area contributed by atoms with E-state index in [-0.39, 0.29) is 5.91 Å². The first-order valence-electron chi connectivity index (χ1n) is 10.4. The molecular weight excluding hydrogens is 358 g/mol. The van der Waals surface area contributed by atoms with Crippen molar-refractivity contribution in [3.63, 3.8) is 0 Å². The molecule has 1 fully saturated rings. The Hall–Kier alpha value is -2.98. The lowest BCUT2D eigenvalue weighted by Crippen LogP contribution is -2.25. The summed E-state index contributed by atoms with van der Waals surface area (Å²) < 4.78 is 0. The normalized spacial score (nSPS) is 14.1. The summed E-state index contributed by atoms with van der Waals surface area (Å²) >= 11 is 0. The van der Waals surface area contributed by atoms with E-state index in [0.29, 0.717) is 12.1 Å². The molecule has 0 saturated carbocycles. The van der Waals surface area contributed by atoms with Gasteiger partial charge in [0.05, 0.1) is 0 Å². The summed E-state index contributed by atoms with van der Waals surface area (Å²) in [4.78, 5) is 18.9. The molecule has 1 N–H and O–H groups in total. The van der Waals surface area contributed by atoms with Crippen LogP contribution in [0.2, 0.25) is 0 Å². The number of aromatic nitrogens is 1. The Morgan fingerprint density at radius 1 is 0.828 bits per heavy atom. The van der Waals surface area contributed by atoms with Crippen LogP contribution in [0.5, 0.6) is 0 Å². The zero-order valence-electron chi connectivity index (χ0n) is 16.7. The maximum atomic E-state index is 12.4. The fraction of sp³-hybridized carbons (Fsp3) is 0.280. The molecule has 0 spiro atoms. The minimum Gasteiger partial charge on any atom is -0.352 e. The maximum absolute atomic E-state index is 12.4. The topological polar surface area (TPSA) is 45.2 Å². The molecule has 1 aromatic heterocycles. The molecule has 29 heavy (non-hydrogen) atoms. The first-order chi connectivity index (χ1) is 14.3. The summed E-state index contributed by atoms with van der Waals surface area (Å²) in [5, 5.41) is 3.02. The second-order valence-electron chi connectivity index (χ2n) is 7.62. The number of hydrogen-bond donors (Lipinski definition) is 1.